The van der Waals surface area contributed by atoms with Crippen LogP contribution in [0, 0.1) is 21.4 Å². The van der Waals surface area contributed by atoms with Crippen LogP contribution in [0.3, 0.4) is 0 Å². The van der Waals surface area contributed by atoms with E-state index >= 15 is 0 Å². The summed E-state index contributed by atoms with van der Waals surface area (Å²) in [4.78, 5) is 12.4. The van der Waals surface area contributed by atoms with Crippen molar-refractivity contribution >= 4 is 22.7 Å². The quantitative estimate of drug-likeness (QED) is 0.633. The average molecular weight is 273 g/mol. The molecule has 96 valence electrons. The summed E-state index contributed by atoms with van der Waals surface area (Å²) in [6.45, 7) is 0.593. The second-order valence-corrected chi connectivity index (χ2v) is 4.84. The van der Waals surface area contributed by atoms with Gasteiger partial charge in [-0.05, 0) is 34.5 Å². The summed E-state index contributed by atoms with van der Waals surface area (Å²) in [5.74, 6) is 0. The minimum atomic E-state index is -0.458. The number of nitrogens with zero attached hydrogens (tertiary/aromatic N) is 3. The van der Waals surface area contributed by atoms with Crippen LogP contribution in [0.2, 0.25) is 0 Å². The van der Waals surface area contributed by atoms with Gasteiger partial charge < -0.3 is 4.90 Å². The van der Waals surface area contributed by atoms with E-state index < -0.39 is 4.92 Å². The number of nitriles is 1. The van der Waals surface area contributed by atoms with E-state index in [4.69, 9.17) is 5.26 Å². The van der Waals surface area contributed by atoms with Gasteiger partial charge in [-0.2, -0.15) is 16.6 Å². The minimum Gasteiger partial charge on any atom is -0.365 e. The fraction of sp³-hybridized carbons (Fsp3) is 0.154. The van der Waals surface area contributed by atoms with E-state index in [2.05, 4.69) is 0 Å². The van der Waals surface area contributed by atoms with E-state index in [1.54, 1.807) is 35.4 Å². The van der Waals surface area contributed by atoms with Gasteiger partial charge in [0.05, 0.1) is 16.6 Å². The largest absolute Gasteiger partial charge is 0.365 e. The number of hydrogen-bond donors (Lipinski definition) is 0. The summed E-state index contributed by atoms with van der Waals surface area (Å²) in [6.07, 6.45) is 0. The third-order valence-corrected chi connectivity index (χ3v) is 3.44. The van der Waals surface area contributed by atoms with Crippen molar-refractivity contribution in [1.82, 2.24) is 0 Å². The Hall–Kier alpha value is -2.39. The maximum Gasteiger partial charge on any atom is 0.293 e. The van der Waals surface area contributed by atoms with Gasteiger partial charge in [-0.3, -0.25) is 10.1 Å². The number of thiophene rings is 1. The Bertz CT molecular complexity index is 632. The molecule has 0 atom stereocenters. The van der Waals surface area contributed by atoms with Gasteiger partial charge in [0, 0.05) is 19.7 Å². The van der Waals surface area contributed by atoms with Crippen molar-refractivity contribution in [2.75, 3.05) is 11.9 Å². The predicted molar refractivity (Wildman–Crippen MR) is 74.2 cm³/mol. The van der Waals surface area contributed by atoms with Gasteiger partial charge in [-0.25, -0.2) is 0 Å². The second kappa shape index (κ2) is 5.50. The predicted octanol–water partition coefficient (Wildman–Crippen LogP) is 3.16. The molecule has 1 aromatic carbocycles. The molecule has 19 heavy (non-hydrogen) atoms. The van der Waals surface area contributed by atoms with E-state index in [9.17, 15) is 10.1 Å². The Morgan fingerprint density at radius 2 is 2.26 bits per heavy atom. The smallest absolute Gasteiger partial charge is 0.293 e. The number of hydrogen-bond acceptors (Lipinski definition) is 5. The number of anilines is 1. The number of rotatable bonds is 4. The Morgan fingerprint density at radius 3 is 2.84 bits per heavy atom. The lowest BCUT2D eigenvalue weighted by Crippen LogP contribution is -2.17. The van der Waals surface area contributed by atoms with Gasteiger partial charge in [-0.1, -0.05) is 0 Å². The highest BCUT2D eigenvalue weighted by Gasteiger charge is 2.18. The Labute approximate surface area is 114 Å². The standard InChI is InChI=1S/C13H11N3O2S/c1-15(8-11-4-5-19-9-11)12-3-2-10(7-14)6-13(12)16(17)18/h2-6,9H,8H2,1H3. The summed E-state index contributed by atoms with van der Waals surface area (Å²) in [5.41, 5.74) is 1.86. The number of benzene rings is 1. The molecule has 2 aromatic rings. The molecule has 0 aliphatic heterocycles. The Morgan fingerprint density at radius 1 is 1.47 bits per heavy atom. The van der Waals surface area contributed by atoms with Crippen molar-refractivity contribution in [2.45, 2.75) is 6.54 Å². The monoisotopic (exact) mass is 273 g/mol. The molecule has 0 saturated carbocycles. The van der Waals surface area contributed by atoms with Crippen molar-refractivity contribution in [3.05, 3.63) is 56.3 Å². The minimum absolute atomic E-state index is 0.0446. The van der Waals surface area contributed by atoms with Crippen molar-refractivity contribution in [2.24, 2.45) is 0 Å². The molecule has 2 rings (SSSR count). The zero-order valence-corrected chi connectivity index (χ0v) is 11.1. The van der Waals surface area contributed by atoms with Crippen LogP contribution in [0.5, 0.6) is 0 Å². The first kappa shape index (κ1) is 13.1. The van der Waals surface area contributed by atoms with Crippen LogP contribution in [-0.4, -0.2) is 12.0 Å². The third-order valence-electron chi connectivity index (χ3n) is 2.71. The first-order valence-corrected chi connectivity index (χ1v) is 6.47. The van der Waals surface area contributed by atoms with E-state index in [0.29, 0.717) is 17.8 Å². The molecule has 0 N–H and O–H groups in total. The molecular weight excluding hydrogens is 262 g/mol. The van der Waals surface area contributed by atoms with Crippen molar-refractivity contribution in [1.29, 1.82) is 5.26 Å². The molecule has 0 aliphatic rings. The van der Waals surface area contributed by atoms with Crippen LogP contribution in [0.4, 0.5) is 11.4 Å². The molecule has 0 spiro atoms. The molecule has 0 unspecified atom stereocenters. The molecule has 0 aliphatic carbocycles. The fourth-order valence-electron chi connectivity index (χ4n) is 1.80. The van der Waals surface area contributed by atoms with E-state index in [-0.39, 0.29) is 5.69 Å². The highest BCUT2D eigenvalue weighted by Crippen LogP contribution is 2.29. The van der Waals surface area contributed by atoms with Crippen LogP contribution in [0.25, 0.3) is 0 Å². The lowest BCUT2D eigenvalue weighted by atomic mass is 10.1. The lowest BCUT2D eigenvalue weighted by molar-refractivity contribution is -0.384. The normalized spacial score (nSPS) is 9.89. The third kappa shape index (κ3) is 2.89. The van der Waals surface area contributed by atoms with Crippen LogP contribution in [-0.2, 0) is 6.54 Å². The molecule has 6 heteroatoms. The van der Waals surface area contributed by atoms with Crippen LogP contribution >= 0.6 is 11.3 Å². The van der Waals surface area contributed by atoms with Crippen LogP contribution in [0.1, 0.15) is 11.1 Å². The van der Waals surface area contributed by atoms with E-state index in [0.717, 1.165) is 5.56 Å². The Balaban J connectivity index is 2.33. The van der Waals surface area contributed by atoms with Gasteiger partial charge in [0.15, 0.2) is 0 Å². The first-order valence-electron chi connectivity index (χ1n) is 5.52. The van der Waals surface area contributed by atoms with Gasteiger partial charge in [0.1, 0.15) is 5.69 Å². The topological polar surface area (TPSA) is 70.2 Å². The first-order chi connectivity index (χ1) is 9.11. The maximum absolute atomic E-state index is 11.1. The van der Waals surface area contributed by atoms with E-state index in [1.807, 2.05) is 22.9 Å². The maximum atomic E-state index is 11.1. The number of nitro groups is 1. The molecule has 0 amide bonds. The molecule has 0 fully saturated rings. The highest BCUT2D eigenvalue weighted by atomic mass is 32.1. The highest BCUT2D eigenvalue weighted by molar-refractivity contribution is 7.07. The second-order valence-electron chi connectivity index (χ2n) is 4.06. The van der Waals surface area contributed by atoms with Gasteiger partial charge in [-0.15, -0.1) is 0 Å². The average Bonchev–Trinajstić information content (AvgIpc) is 2.90. The number of nitro benzene ring substituents is 1. The van der Waals surface area contributed by atoms with Crippen LogP contribution in [0.15, 0.2) is 35.0 Å². The lowest BCUT2D eigenvalue weighted by Gasteiger charge is -2.18. The van der Waals surface area contributed by atoms with Crippen LogP contribution < -0.4 is 4.90 Å². The van der Waals surface area contributed by atoms with Gasteiger partial charge in [0.25, 0.3) is 5.69 Å². The molecule has 0 bridgehead atoms. The van der Waals surface area contributed by atoms with Crippen molar-refractivity contribution < 1.29 is 4.92 Å². The summed E-state index contributed by atoms with van der Waals surface area (Å²) >= 11 is 1.59. The SMILES string of the molecule is CN(Cc1ccsc1)c1ccc(C#N)cc1[N+](=O)[O-]. The van der Waals surface area contributed by atoms with Crippen molar-refractivity contribution in [3.63, 3.8) is 0 Å². The molecule has 0 saturated heterocycles. The summed E-state index contributed by atoms with van der Waals surface area (Å²) in [7, 11) is 1.80. The zero-order chi connectivity index (χ0) is 13.8. The molecule has 0 radical (unpaired) electrons. The van der Waals surface area contributed by atoms with Crippen molar-refractivity contribution in [3.8, 4) is 6.07 Å². The Kier molecular flexibility index (Phi) is 3.78. The molecular formula is C13H11N3O2S. The summed E-state index contributed by atoms with van der Waals surface area (Å²) in [6, 6.07) is 8.40. The van der Waals surface area contributed by atoms with Gasteiger partial charge in [0.2, 0.25) is 0 Å². The molecule has 5 nitrogen and oxygen atoms in total. The van der Waals surface area contributed by atoms with E-state index in [1.165, 1.54) is 6.07 Å². The summed E-state index contributed by atoms with van der Waals surface area (Å²) < 4.78 is 0. The zero-order valence-electron chi connectivity index (χ0n) is 10.2. The fourth-order valence-corrected chi connectivity index (χ4v) is 2.46. The van der Waals surface area contributed by atoms with Gasteiger partial charge >= 0.3 is 0 Å². The molecule has 1 aromatic heterocycles. The molecule has 1 heterocycles. The summed E-state index contributed by atoms with van der Waals surface area (Å²) in [5, 5.41) is 23.8.